The second-order valence-electron chi connectivity index (χ2n) is 3.33. The molecule has 0 atom stereocenters. The van der Waals surface area contributed by atoms with Crippen LogP contribution in [0.3, 0.4) is 0 Å². The van der Waals surface area contributed by atoms with Crippen molar-refractivity contribution >= 4 is 9.84 Å². The number of alkyl halides is 2. The summed E-state index contributed by atoms with van der Waals surface area (Å²) in [6.45, 7) is -0.968. The first-order valence-corrected chi connectivity index (χ1v) is 6.15. The van der Waals surface area contributed by atoms with Crippen molar-refractivity contribution in [3.8, 4) is 0 Å². The lowest BCUT2D eigenvalue weighted by Gasteiger charge is -2.14. The molecule has 0 heterocycles. The summed E-state index contributed by atoms with van der Waals surface area (Å²) in [6.07, 6.45) is 0.798. The highest BCUT2D eigenvalue weighted by atomic mass is 32.2. The summed E-state index contributed by atoms with van der Waals surface area (Å²) in [5, 5.41) is 0. The molecule has 1 rings (SSSR count). The van der Waals surface area contributed by atoms with Gasteiger partial charge in [-0.05, 0) is 12.1 Å². The number of halogens is 3. The van der Waals surface area contributed by atoms with Gasteiger partial charge in [0.2, 0.25) is 0 Å². The molecule has 0 aliphatic rings. The maximum atomic E-state index is 13.3. The van der Waals surface area contributed by atoms with Gasteiger partial charge >= 0.3 is 0 Å². The highest BCUT2D eigenvalue weighted by molar-refractivity contribution is 7.90. The summed E-state index contributed by atoms with van der Waals surface area (Å²) in [5.74, 6) is -4.57. The minimum absolute atomic E-state index is 0.489. The molecule has 0 aliphatic heterocycles. The number of rotatable bonds is 3. The fourth-order valence-corrected chi connectivity index (χ4v) is 1.88. The molecule has 7 heteroatoms. The van der Waals surface area contributed by atoms with Crippen LogP contribution in [0, 0.1) is 5.82 Å². The van der Waals surface area contributed by atoms with Crippen LogP contribution in [0.2, 0.25) is 0 Å². The summed E-state index contributed by atoms with van der Waals surface area (Å²) in [4.78, 5) is -0.607. The minimum atomic E-state index is -3.75. The Kier molecular flexibility index (Phi) is 3.30. The van der Waals surface area contributed by atoms with Gasteiger partial charge < -0.3 is 5.73 Å². The molecule has 0 saturated carbocycles. The Morgan fingerprint density at radius 2 is 1.94 bits per heavy atom. The lowest BCUT2D eigenvalue weighted by atomic mass is 10.1. The molecule has 0 fully saturated rings. The zero-order valence-electron chi connectivity index (χ0n) is 8.38. The lowest BCUT2D eigenvalue weighted by Crippen LogP contribution is -2.25. The molecular weight excluding hydrogens is 243 g/mol. The maximum absolute atomic E-state index is 13.3. The Bertz CT molecular complexity index is 499. The number of benzene rings is 1. The monoisotopic (exact) mass is 253 g/mol. The molecule has 90 valence electrons. The van der Waals surface area contributed by atoms with E-state index in [0.717, 1.165) is 18.4 Å². The molecule has 0 saturated heterocycles. The minimum Gasteiger partial charge on any atom is -0.325 e. The number of sulfone groups is 1. The first kappa shape index (κ1) is 13.0. The average molecular weight is 253 g/mol. The van der Waals surface area contributed by atoms with Gasteiger partial charge in [-0.3, -0.25) is 0 Å². The van der Waals surface area contributed by atoms with Crippen LogP contribution in [0.25, 0.3) is 0 Å². The van der Waals surface area contributed by atoms with Gasteiger partial charge in [-0.25, -0.2) is 12.8 Å². The van der Waals surface area contributed by atoms with E-state index in [1.807, 2.05) is 0 Å². The fourth-order valence-electron chi connectivity index (χ4n) is 1.15. The van der Waals surface area contributed by atoms with Gasteiger partial charge in [-0.2, -0.15) is 8.78 Å². The number of hydrogen-bond acceptors (Lipinski definition) is 3. The van der Waals surface area contributed by atoms with E-state index in [9.17, 15) is 21.6 Å². The molecule has 0 aromatic heterocycles. The lowest BCUT2D eigenvalue weighted by molar-refractivity contribution is 0.00555. The van der Waals surface area contributed by atoms with Crippen LogP contribution in [0.15, 0.2) is 23.1 Å². The van der Waals surface area contributed by atoms with Gasteiger partial charge in [-0.1, -0.05) is 6.07 Å². The van der Waals surface area contributed by atoms with Gasteiger partial charge in [0.15, 0.2) is 9.84 Å². The summed E-state index contributed by atoms with van der Waals surface area (Å²) in [5.41, 5.74) is 4.18. The fraction of sp³-hybridized carbons (Fsp3) is 0.333. The molecule has 16 heavy (non-hydrogen) atoms. The summed E-state index contributed by atoms with van der Waals surface area (Å²) < 4.78 is 61.4. The second-order valence-corrected chi connectivity index (χ2v) is 5.31. The Hall–Kier alpha value is -1.08. The smallest absolute Gasteiger partial charge is 0.285 e. The third-order valence-corrected chi connectivity index (χ3v) is 3.14. The van der Waals surface area contributed by atoms with E-state index in [1.54, 1.807) is 0 Å². The van der Waals surface area contributed by atoms with Gasteiger partial charge in [-0.15, -0.1) is 0 Å². The molecule has 0 bridgehead atoms. The highest BCUT2D eigenvalue weighted by Crippen LogP contribution is 2.28. The molecule has 0 spiro atoms. The van der Waals surface area contributed by atoms with Crippen molar-refractivity contribution in [3.05, 3.63) is 29.6 Å². The van der Waals surface area contributed by atoms with E-state index < -0.39 is 38.6 Å². The van der Waals surface area contributed by atoms with Gasteiger partial charge in [0.25, 0.3) is 5.92 Å². The van der Waals surface area contributed by atoms with Crippen LogP contribution in [0.5, 0.6) is 0 Å². The predicted molar refractivity (Wildman–Crippen MR) is 52.5 cm³/mol. The quantitative estimate of drug-likeness (QED) is 0.882. The maximum Gasteiger partial charge on any atom is 0.285 e. The van der Waals surface area contributed by atoms with E-state index in [1.165, 1.54) is 0 Å². The Labute approximate surface area is 91.0 Å². The van der Waals surface area contributed by atoms with Crippen molar-refractivity contribution in [3.63, 3.8) is 0 Å². The van der Waals surface area contributed by atoms with Crippen molar-refractivity contribution in [1.29, 1.82) is 0 Å². The summed E-state index contributed by atoms with van der Waals surface area (Å²) >= 11 is 0. The predicted octanol–water partition coefficient (Wildman–Crippen LogP) is 1.28. The summed E-state index contributed by atoms with van der Waals surface area (Å²) in [6, 6.07) is 2.15. The Balaban J connectivity index is 3.30. The van der Waals surface area contributed by atoms with Crippen molar-refractivity contribution in [2.45, 2.75) is 10.8 Å². The third kappa shape index (κ3) is 2.53. The molecule has 2 N–H and O–H groups in total. The van der Waals surface area contributed by atoms with Crippen LogP contribution in [0.4, 0.5) is 13.2 Å². The Morgan fingerprint density at radius 1 is 1.38 bits per heavy atom. The molecule has 1 aromatic rings. The van der Waals surface area contributed by atoms with Gasteiger partial charge in [0.1, 0.15) is 10.7 Å². The Morgan fingerprint density at radius 3 is 2.31 bits per heavy atom. The van der Waals surface area contributed by atoms with Crippen molar-refractivity contribution in [2.24, 2.45) is 5.73 Å². The van der Waals surface area contributed by atoms with Gasteiger partial charge in [0, 0.05) is 11.8 Å². The largest absolute Gasteiger partial charge is 0.325 e. The molecule has 0 aliphatic carbocycles. The van der Waals surface area contributed by atoms with E-state index in [2.05, 4.69) is 0 Å². The van der Waals surface area contributed by atoms with E-state index >= 15 is 0 Å². The molecule has 0 unspecified atom stereocenters. The van der Waals surface area contributed by atoms with Crippen LogP contribution < -0.4 is 5.73 Å². The van der Waals surface area contributed by atoms with Crippen LogP contribution in [-0.2, 0) is 15.8 Å². The zero-order chi connectivity index (χ0) is 12.6. The second kappa shape index (κ2) is 4.06. The molecule has 0 radical (unpaired) electrons. The average Bonchev–Trinajstić information content (AvgIpc) is 2.15. The molecule has 3 nitrogen and oxygen atoms in total. The first-order chi connectivity index (χ1) is 7.18. The zero-order valence-corrected chi connectivity index (χ0v) is 9.19. The number of nitrogens with two attached hydrogens (primary N) is 1. The van der Waals surface area contributed by atoms with E-state index in [4.69, 9.17) is 5.73 Å². The van der Waals surface area contributed by atoms with E-state index in [0.29, 0.717) is 6.07 Å². The third-order valence-electron chi connectivity index (χ3n) is 2.01. The van der Waals surface area contributed by atoms with Crippen molar-refractivity contribution in [1.82, 2.24) is 0 Å². The summed E-state index contributed by atoms with van der Waals surface area (Å²) in [7, 11) is -3.75. The van der Waals surface area contributed by atoms with Crippen molar-refractivity contribution < 1.29 is 21.6 Å². The van der Waals surface area contributed by atoms with Crippen molar-refractivity contribution in [2.75, 3.05) is 12.8 Å². The first-order valence-electron chi connectivity index (χ1n) is 4.26. The van der Waals surface area contributed by atoms with Crippen LogP contribution in [0.1, 0.15) is 5.56 Å². The standard InChI is InChI=1S/C9H10F3NO2S/c1-16(14,15)8-3-2-6(4-7(8)10)9(11,12)5-13/h2-4H,5,13H2,1H3. The number of hydrogen-bond donors (Lipinski definition) is 1. The normalized spacial score (nSPS) is 12.8. The van der Waals surface area contributed by atoms with E-state index in [-0.39, 0.29) is 0 Å². The van der Waals surface area contributed by atoms with Crippen LogP contribution in [-0.4, -0.2) is 21.2 Å². The molecular formula is C9H10F3NO2S. The molecule has 1 aromatic carbocycles. The van der Waals surface area contributed by atoms with Crippen LogP contribution >= 0.6 is 0 Å². The topological polar surface area (TPSA) is 60.2 Å². The highest BCUT2D eigenvalue weighted by Gasteiger charge is 2.30. The van der Waals surface area contributed by atoms with Gasteiger partial charge in [0.05, 0.1) is 6.54 Å². The molecule has 0 amide bonds. The SMILES string of the molecule is CS(=O)(=O)c1ccc(C(F)(F)CN)cc1F.